The van der Waals surface area contributed by atoms with Crippen LogP contribution in [0.15, 0.2) is 24.3 Å². The maximum Gasteiger partial charge on any atom is 0.341 e. The second kappa shape index (κ2) is 17.7. The summed E-state index contributed by atoms with van der Waals surface area (Å²) in [5.41, 5.74) is -0.0354. The number of para-hydroxylation sites is 1. The van der Waals surface area contributed by atoms with Gasteiger partial charge in [0.25, 0.3) is 0 Å². The summed E-state index contributed by atoms with van der Waals surface area (Å²) in [5.74, 6) is -5.77. The molecule has 0 radical (unpaired) electrons. The maximum absolute atomic E-state index is 12.5. The zero-order chi connectivity index (χ0) is 37.3. The number of benzene rings is 1. The first kappa shape index (κ1) is 39.6. The first-order valence-electron chi connectivity index (χ1n) is 15.3. The molecule has 0 unspecified atom stereocenters. The van der Waals surface area contributed by atoms with Gasteiger partial charge < -0.3 is 52.1 Å². The molecular formula is C32H40O18. The summed E-state index contributed by atoms with van der Waals surface area (Å²) in [6.07, 6.45) is -14.3. The number of hydrogen-bond acceptors (Lipinski definition) is 18. The molecule has 1 aromatic rings. The predicted molar refractivity (Wildman–Crippen MR) is 161 cm³/mol. The molecular weight excluding hydrogens is 672 g/mol. The Labute approximate surface area is 286 Å². The Morgan fingerprint density at radius 3 is 1.54 bits per heavy atom. The molecule has 1 aromatic carbocycles. The van der Waals surface area contributed by atoms with E-state index in [1.54, 1.807) is 6.07 Å². The number of carbonyl (C=O) groups excluding carboxylic acids is 7. The van der Waals surface area contributed by atoms with E-state index >= 15 is 0 Å². The molecule has 0 spiro atoms. The van der Waals surface area contributed by atoms with Crippen molar-refractivity contribution in [2.24, 2.45) is 0 Å². The van der Waals surface area contributed by atoms with Gasteiger partial charge >= 0.3 is 41.8 Å². The molecule has 0 aliphatic carbocycles. The fraction of sp³-hybridized carbons (Fsp3) is 0.594. The molecule has 2 fully saturated rings. The van der Waals surface area contributed by atoms with E-state index in [0.29, 0.717) is 0 Å². The van der Waals surface area contributed by atoms with Crippen molar-refractivity contribution in [1.29, 1.82) is 0 Å². The van der Waals surface area contributed by atoms with Gasteiger partial charge in [0.1, 0.15) is 17.4 Å². The van der Waals surface area contributed by atoms with Gasteiger partial charge in [0.2, 0.25) is 12.4 Å². The third-order valence-corrected chi connectivity index (χ3v) is 7.09. The van der Waals surface area contributed by atoms with Crippen molar-refractivity contribution in [3.8, 4) is 5.75 Å². The average molecular weight is 713 g/mol. The van der Waals surface area contributed by atoms with Crippen molar-refractivity contribution in [2.45, 2.75) is 110 Å². The van der Waals surface area contributed by atoms with E-state index in [1.165, 1.54) is 25.1 Å². The van der Waals surface area contributed by atoms with Gasteiger partial charge in [-0.25, -0.2) is 4.79 Å². The number of rotatable bonds is 12. The highest BCUT2D eigenvalue weighted by atomic mass is 16.8. The Morgan fingerprint density at radius 1 is 0.580 bits per heavy atom. The van der Waals surface area contributed by atoms with Gasteiger partial charge in [0.05, 0.1) is 19.8 Å². The third kappa shape index (κ3) is 10.6. The maximum atomic E-state index is 12.5. The molecule has 0 saturated carbocycles. The van der Waals surface area contributed by atoms with E-state index < -0.39 is 110 Å². The first-order chi connectivity index (χ1) is 23.5. The van der Waals surface area contributed by atoms with Crippen molar-refractivity contribution in [2.75, 3.05) is 13.7 Å². The highest BCUT2D eigenvalue weighted by molar-refractivity contribution is 5.92. The minimum Gasteiger partial charge on any atom is -0.465 e. The molecule has 3 rings (SSSR count). The van der Waals surface area contributed by atoms with E-state index in [4.69, 9.17) is 52.1 Å². The van der Waals surface area contributed by atoms with Crippen LogP contribution in [0.2, 0.25) is 0 Å². The molecule has 2 saturated heterocycles. The minimum atomic E-state index is -1.63. The SMILES string of the molecule is COC(=O)c1ccccc1O[C@@H]1O[C@H](CO[C@@H]2O[C@@H](C)[C@H](OC(C)=O)[C@@H](OC(C)=O)[C@H]2OC(C)=O)[C@@H](OC(C)=O)[C@H](OC(C)=O)[C@H]1OC(C)=O. The van der Waals surface area contributed by atoms with Crippen LogP contribution in [0.5, 0.6) is 5.75 Å². The molecule has 276 valence electrons. The van der Waals surface area contributed by atoms with Gasteiger partial charge in [-0.2, -0.15) is 0 Å². The lowest BCUT2D eigenvalue weighted by Crippen LogP contribution is -2.64. The highest BCUT2D eigenvalue weighted by Crippen LogP contribution is 2.34. The van der Waals surface area contributed by atoms with Gasteiger partial charge in [-0.05, 0) is 19.1 Å². The van der Waals surface area contributed by atoms with Crippen LogP contribution in [0.25, 0.3) is 0 Å². The van der Waals surface area contributed by atoms with Crippen LogP contribution in [-0.2, 0) is 76.1 Å². The molecule has 2 heterocycles. The smallest absolute Gasteiger partial charge is 0.341 e. The Hall–Kier alpha value is -4.81. The van der Waals surface area contributed by atoms with E-state index in [1.807, 2.05) is 0 Å². The zero-order valence-corrected chi connectivity index (χ0v) is 28.6. The van der Waals surface area contributed by atoms with Crippen LogP contribution in [0.3, 0.4) is 0 Å². The fourth-order valence-corrected chi connectivity index (χ4v) is 5.35. The molecule has 18 heteroatoms. The van der Waals surface area contributed by atoms with Gasteiger partial charge in [0.15, 0.2) is 36.8 Å². The summed E-state index contributed by atoms with van der Waals surface area (Å²) in [7, 11) is 1.16. The lowest BCUT2D eigenvalue weighted by atomic mass is 9.97. The van der Waals surface area contributed by atoms with Crippen LogP contribution in [0.1, 0.15) is 58.8 Å². The Morgan fingerprint density at radius 2 is 1.02 bits per heavy atom. The topological polar surface area (TPSA) is 221 Å². The molecule has 0 N–H and O–H groups in total. The zero-order valence-electron chi connectivity index (χ0n) is 28.6. The molecule has 0 amide bonds. The third-order valence-electron chi connectivity index (χ3n) is 7.09. The number of ether oxygens (including phenoxy) is 11. The summed E-state index contributed by atoms with van der Waals surface area (Å²) < 4.78 is 61.5. The lowest BCUT2D eigenvalue weighted by Gasteiger charge is -2.46. The molecule has 50 heavy (non-hydrogen) atoms. The minimum absolute atomic E-state index is 0.0354. The quantitative estimate of drug-likeness (QED) is 0.217. The van der Waals surface area contributed by atoms with E-state index in [2.05, 4.69) is 0 Å². The van der Waals surface area contributed by atoms with Gasteiger partial charge in [-0.15, -0.1) is 0 Å². The second-order valence-corrected chi connectivity index (χ2v) is 11.1. The van der Waals surface area contributed by atoms with E-state index in [0.717, 1.165) is 48.7 Å². The number of carbonyl (C=O) groups is 7. The van der Waals surface area contributed by atoms with Crippen LogP contribution in [0, 0.1) is 0 Å². The number of esters is 7. The molecule has 10 atom stereocenters. The molecule has 2 aliphatic rings. The monoisotopic (exact) mass is 712 g/mol. The van der Waals surface area contributed by atoms with Gasteiger partial charge in [-0.3, -0.25) is 28.8 Å². The summed E-state index contributed by atoms with van der Waals surface area (Å²) in [6.45, 7) is 7.41. The molecule has 18 nitrogen and oxygen atoms in total. The van der Waals surface area contributed by atoms with Crippen LogP contribution in [0.4, 0.5) is 0 Å². The number of hydrogen-bond donors (Lipinski definition) is 0. The Bertz CT molecular complexity index is 1430. The lowest BCUT2D eigenvalue weighted by molar-refractivity contribution is -0.323. The highest BCUT2D eigenvalue weighted by Gasteiger charge is 2.55. The first-order valence-corrected chi connectivity index (χ1v) is 15.3. The molecule has 0 aromatic heterocycles. The van der Waals surface area contributed by atoms with Crippen LogP contribution in [-0.4, -0.2) is 117 Å². The normalized spacial score (nSPS) is 29.0. The largest absolute Gasteiger partial charge is 0.465 e. The standard InChI is InChI=1S/C32H40O18/c1-14-24(43-15(2)33)26(45-17(4)35)28(47-19(6)37)31(42-14)41-13-23-25(44-16(3)34)27(46-18(5)36)29(48-20(7)38)32(50-23)49-22-12-10-9-11-21(22)30(39)40-8/h9-12,14,23-29,31-32H,13H2,1-8H3/t14-,23+,24-,25+,26+,27-,28+,29+,31+,32+/m0/s1. The average Bonchev–Trinajstić information content (AvgIpc) is 3.01. The molecule has 0 bridgehead atoms. The van der Waals surface area contributed by atoms with E-state index in [9.17, 15) is 33.6 Å². The van der Waals surface area contributed by atoms with Crippen LogP contribution < -0.4 is 4.74 Å². The van der Waals surface area contributed by atoms with Crippen molar-refractivity contribution < 1.29 is 85.7 Å². The summed E-state index contributed by atoms with van der Waals surface area (Å²) in [5, 5.41) is 0. The van der Waals surface area contributed by atoms with Crippen LogP contribution >= 0.6 is 0 Å². The van der Waals surface area contributed by atoms with Crippen molar-refractivity contribution in [3.05, 3.63) is 29.8 Å². The Balaban J connectivity index is 2.05. The van der Waals surface area contributed by atoms with Crippen molar-refractivity contribution in [3.63, 3.8) is 0 Å². The summed E-state index contributed by atoms with van der Waals surface area (Å²) in [6, 6.07) is 5.88. The van der Waals surface area contributed by atoms with Gasteiger partial charge in [0, 0.05) is 41.5 Å². The Kier molecular flexibility index (Phi) is 14.0. The predicted octanol–water partition coefficient (Wildman–Crippen LogP) is 0.929. The van der Waals surface area contributed by atoms with Crippen molar-refractivity contribution in [1.82, 2.24) is 0 Å². The fourth-order valence-electron chi connectivity index (χ4n) is 5.35. The second-order valence-electron chi connectivity index (χ2n) is 11.1. The summed E-state index contributed by atoms with van der Waals surface area (Å²) in [4.78, 5) is 85.5. The van der Waals surface area contributed by atoms with Crippen molar-refractivity contribution >= 4 is 41.8 Å². The van der Waals surface area contributed by atoms with Gasteiger partial charge in [-0.1, -0.05) is 12.1 Å². The number of methoxy groups -OCH3 is 1. The summed E-state index contributed by atoms with van der Waals surface area (Å²) >= 11 is 0. The molecule has 2 aliphatic heterocycles. The van der Waals surface area contributed by atoms with E-state index in [-0.39, 0.29) is 11.3 Å².